The molecule has 0 saturated carbocycles. The Kier molecular flexibility index (Phi) is 6.21. The largest absolute Gasteiger partial charge is 0.449 e. The summed E-state index contributed by atoms with van der Waals surface area (Å²) in [4.78, 5) is 20.6. The van der Waals surface area contributed by atoms with Gasteiger partial charge in [0.05, 0.1) is 42.0 Å². The van der Waals surface area contributed by atoms with Crippen molar-refractivity contribution in [2.75, 3.05) is 13.2 Å². The number of halogens is 3. The minimum atomic E-state index is -4.48. The van der Waals surface area contributed by atoms with Crippen molar-refractivity contribution in [3.05, 3.63) is 41.5 Å². The van der Waals surface area contributed by atoms with E-state index in [1.807, 2.05) is 6.92 Å². The zero-order chi connectivity index (χ0) is 22.7. The molecule has 1 aliphatic heterocycles. The van der Waals surface area contributed by atoms with Crippen LogP contribution in [0.15, 0.2) is 28.8 Å². The molecule has 1 aliphatic rings. The third-order valence-corrected chi connectivity index (χ3v) is 4.84. The van der Waals surface area contributed by atoms with Crippen LogP contribution in [0.4, 0.5) is 13.2 Å². The van der Waals surface area contributed by atoms with Gasteiger partial charge < -0.3 is 19.2 Å². The number of hydrogen-bond donors (Lipinski definition) is 1. The number of carbonyl (C=O) groups is 1. The van der Waals surface area contributed by atoms with E-state index in [0.717, 1.165) is 24.8 Å². The Morgan fingerprint density at radius 3 is 2.81 bits per heavy atom. The summed E-state index contributed by atoms with van der Waals surface area (Å²) >= 11 is 0. The zero-order valence-electron chi connectivity index (χ0n) is 17.1. The first-order valence-electron chi connectivity index (χ1n) is 10.1. The molecular formula is C20H20F3N5O4. The summed E-state index contributed by atoms with van der Waals surface area (Å²) in [6.07, 6.45) is -1.66. The van der Waals surface area contributed by atoms with Crippen LogP contribution in [0.1, 0.15) is 54.2 Å². The van der Waals surface area contributed by atoms with E-state index < -0.39 is 23.8 Å². The van der Waals surface area contributed by atoms with Crippen molar-refractivity contribution >= 4 is 16.9 Å². The van der Waals surface area contributed by atoms with Gasteiger partial charge in [0.1, 0.15) is 11.8 Å². The predicted molar refractivity (Wildman–Crippen MR) is 104 cm³/mol. The fraction of sp³-hybridized carbons (Fsp3) is 0.450. The molecule has 1 fully saturated rings. The molecule has 1 N–H and O–H groups in total. The number of alkyl halides is 3. The summed E-state index contributed by atoms with van der Waals surface area (Å²) in [6, 6.07) is 2.72. The molecule has 0 bridgehead atoms. The van der Waals surface area contributed by atoms with Gasteiger partial charge in [0.15, 0.2) is 0 Å². The van der Waals surface area contributed by atoms with Crippen LogP contribution in [0.2, 0.25) is 0 Å². The van der Waals surface area contributed by atoms with E-state index in [2.05, 4.69) is 25.5 Å². The van der Waals surface area contributed by atoms with Crippen LogP contribution in [-0.2, 0) is 10.9 Å². The summed E-state index contributed by atoms with van der Waals surface area (Å²) < 4.78 is 54.9. The summed E-state index contributed by atoms with van der Waals surface area (Å²) in [6.45, 7) is 2.66. The fourth-order valence-electron chi connectivity index (χ4n) is 3.21. The molecule has 32 heavy (non-hydrogen) atoms. The Bertz CT molecular complexity index is 1100. The first kappa shape index (κ1) is 21.9. The normalized spacial score (nSPS) is 19.1. The predicted octanol–water partition coefficient (Wildman–Crippen LogP) is 3.47. The molecule has 0 spiro atoms. The number of nitrogens with one attached hydrogen (secondary N) is 1. The quantitative estimate of drug-likeness (QED) is 0.606. The first-order chi connectivity index (χ1) is 15.3. The van der Waals surface area contributed by atoms with Gasteiger partial charge in [0, 0.05) is 0 Å². The van der Waals surface area contributed by atoms with E-state index in [-0.39, 0.29) is 35.5 Å². The van der Waals surface area contributed by atoms with Gasteiger partial charge in [-0.05, 0) is 37.5 Å². The summed E-state index contributed by atoms with van der Waals surface area (Å²) in [7, 11) is 0. The lowest BCUT2D eigenvalue weighted by molar-refractivity contribution is -0.137. The highest BCUT2D eigenvalue weighted by molar-refractivity contribution is 5.94. The van der Waals surface area contributed by atoms with Crippen LogP contribution in [0.25, 0.3) is 11.0 Å². The molecule has 4 rings (SSSR count). The monoisotopic (exact) mass is 451 g/mol. The molecule has 170 valence electrons. The van der Waals surface area contributed by atoms with Gasteiger partial charge in [-0.1, -0.05) is 12.0 Å². The molecule has 9 nitrogen and oxygen atoms in total. The third kappa shape index (κ3) is 4.96. The summed E-state index contributed by atoms with van der Waals surface area (Å²) in [5.41, 5.74) is -0.560. The minimum absolute atomic E-state index is 0.00833. The van der Waals surface area contributed by atoms with Crippen LogP contribution in [-0.4, -0.2) is 45.3 Å². The summed E-state index contributed by atoms with van der Waals surface area (Å²) in [5.74, 6) is -0.168. The van der Waals surface area contributed by atoms with E-state index in [1.54, 1.807) is 0 Å². The van der Waals surface area contributed by atoms with E-state index in [9.17, 15) is 18.0 Å². The number of nitrogens with zero attached hydrogens (tertiary/aromatic N) is 4. The Hall–Kier alpha value is -3.28. The van der Waals surface area contributed by atoms with Gasteiger partial charge in [-0.15, -0.1) is 5.10 Å². The van der Waals surface area contributed by atoms with Gasteiger partial charge in [0.2, 0.25) is 5.89 Å². The van der Waals surface area contributed by atoms with E-state index in [0.29, 0.717) is 25.3 Å². The Balaban J connectivity index is 1.34. The number of amides is 1. The molecule has 0 radical (unpaired) electrons. The lowest BCUT2D eigenvalue weighted by Gasteiger charge is -2.27. The fourth-order valence-corrected chi connectivity index (χ4v) is 3.21. The molecule has 2 aromatic heterocycles. The second-order valence-corrected chi connectivity index (χ2v) is 7.28. The average Bonchev–Trinajstić information content (AvgIpc) is 3.26. The molecule has 0 unspecified atom stereocenters. The Morgan fingerprint density at radius 1 is 1.25 bits per heavy atom. The van der Waals surface area contributed by atoms with Gasteiger partial charge >= 0.3 is 12.3 Å². The molecule has 3 heterocycles. The third-order valence-electron chi connectivity index (χ3n) is 4.84. The van der Waals surface area contributed by atoms with E-state index in [4.69, 9.17) is 13.9 Å². The molecule has 1 aromatic carbocycles. The van der Waals surface area contributed by atoms with Crippen LogP contribution >= 0.6 is 0 Å². The van der Waals surface area contributed by atoms with Crippen molar-refractivity contribution in [3.63, 3.8) is 0 Å². The van der Waals surface area contributed by atoms with Crippen molar-refractivity contribution in [2.24, 2.45) is 0 Å². The molecule has 2 atom stereocenters. The van der Waals surface area contributed by atoms with Crippen molar-refractivity contribution in [1.82, 2.24) is 25.5 Å². The SMILES string of the molecule is CCCOc1nnc([C@H]2CC[C@H](NC(=O)c3cnc4cc(C(F)(F)F)ccc4n3)CO2)o1. The van der Waals surface area contributed by atoms with Crippen LogP contribution in [0.5, 0.6) is 6.08 Å². The second-order valence-electron chi connectivity index (χ2n) is 7.28. The number of rotatable bonds is 6. The second kappa shape index (κ2) is 9.07. The summed E-state index contributed by atoms with van der Waals surface area (Å²) in [5, 5.41) is 10.6. The van der Waals surface area contributed by atoms with Crippen LogP contribution < -0.4 is 10.1 Å². The van der Waals surface area contributed by atoms with Gasteiger partial charge in [-0.2, -0.15) is 13.2 Å². The number of benzene rings is 1. The molecule has 1 saturated heterocycles. The molecule has 0 aliphatic carbocycles. The molecule has 1 amide bonds. The maximum absolute atomic E-state index is 12.8. The van der Waals surface area contributed by atoms with Crippen molar-refractivity contribution < 1.29 is 31.9 Å². The highest BCUT2D eigenvalue weighted by atomic mass is 19.4. The average molecular weight is 451 g/mol. The Morgan fingerprint density at radius 2 is 2.09 bits per heavy atom. The molecular weight excluding hydrogens is 431 g/mol. The smallest absolute Gasteiger partial charge is 0.416 e. The molecule has 12 heteroatoms. The lowest BCUT2D eigenvalue weighted by Crippen LogP contribution is -2.41. The minimum Gasteiger partial charge on any atom is -0.449 e. The zero-order valence-corrected chi connectivity index (χ0v) is 17.1. The van der Waals surface area contributed by atoms with Crippen LogP contribution in [0.3, 0.4) is 0 Å². The number of aromatic nitrogens is 4. The van der Waals surface area contributed by atoms with E-state index in [1.165, 1.54) is 6.07 Å². The van der Waals surface area contributed by atoms with Gasteiger partial charge in [-0.25, -0.2) is 4.98 Å². The van der Waals surface area contributed by atoms with Crippen LogP contribution in [0, 0.1) is 0 Å². The maximum atomic E-state index is 12.8. The highest BCUT2D eigenvalue weighted by Gasteiger charge is 2.31. The number of ether oxygens (including phenoxy) is 2. The highest BCUT2D eigenvalue weighted by Crippen LogP contribution is 2.31. The number of carbonyl (C=O) groups excluding carboxylic acids is 1. The number of hydrogen-bond acceptors (Lipinski definition) is 8. The van der Waals surface area contributed by atoms with Gasteiger partial charge in [-0.3, -0.25) is 9.78 Å². The Labute approximate surface area is 180 Å². The molecule has 3 aromatic rings. The maximum Gasteiger partial charge on any atom is 0.416 e. The lowest BCUT2D eigenvalue weighted by atomic mass is 10.0. The topological polar surface area (TPSA) is 112 Å². The van der Waals surface area contributed by atoms with Crippen molar-refractivity contribution in [1.29, 1.82) is 0 Å². The van der Waals surface area contributed by atoms with Crippen molar-refractivity contribution in [3.8, 4) is 6.08 Å². The van der Waals surface area contributed by atoms with E-state index >= 15 is 0 Å². The first-order valence-corrected chi connectivity index (χ1v) is 10.1. The number of fused-ring (bicyclic) bond motifs is 1. The van der Waals surface area contributed by atoms with Gasteiger partial charge in [0.25, 0.3) is 5.91 Å². The standard InChI is InChI=1S/C20H20F3N5O4/c1-2-7-30-19-28-27-18(32-19)16-6-4-12(10-31-16)25-17(29)15-9-24-14-8-11(20(21,22)23)3-5-13(14)26-15/h3,5,8-9,12,16H,2,4,6-7,10H2,1H3,(H,25,29)/t12-,16+/m0/s1. The van der Waals surface area contributed by atoms with Crippen molar-refractivity contribution in [2.45, 2.75) is 44.5 Å².